The van der Waals surface area contributed by atoms with E-state index in [1.165, 1.54) is 18.5 Å². The first-order valence-electron chi connectivity index (χ1n) is 8.88. The normalized spacial score (nSPS) is 20.2. The topological polar surface area (TPSA) is 105 Å². The van der Waals surface area contributed by atoms with E-state index in [-0.39, 0.29) is 5.82 Å². The minimum Gasteiger partial charge on any atom is -0.366 e. The van der Waals surface area contributed by atoms with E-state index in [9.17, 15) is 4.39 Å². The van der Waals surface area contributed by atoms with Gasteiger partial charge < -0.3 is 21.4 Å². The summed E-state index contributed by atoms with van der Waals surface area (Å²) in [5.74, 6) is 1.75. The molecule has 1 fully saturated rings. The molecule has 0 spiro atoms. The van der Waals surface area contributed by atoms with Gasteiger partial charge in [-0.15, -0.1) is 0 Å². The average Bonchev–Trinajstić information content (AvgIpc) is 3.12. The van der Waals surface area contributed by atoms with Gasteiger partial charge in [0.1, 0.15) is 23.7 Å². The maximum absolute atomic E-state index is 13.0. The van der Waals surface area contributed by atoms with E-state index in [2.05, 4.69) is 30.6 Å². The molecular weight excluding hydrogens is 333 g/mol. The van der Waals surface area contributed by atoms with Gasteiger partial charge in [0.25, 0.3) is 0 Å². The molecule has 2 aliphatic heterocycles. The Morgan fingerprint density at radius 2 is 1.88 bits per heavy atom. The monoisotopic (exact) mass is 355 g/mol. The Labute approximate surface area is 151 Å². The van der Waals surface area contributed by atoms with Crippen LogP contribution in [0.1, 0.15) is 31.2 Å². The van der Waals surface area contributed by atoms with Gasteiger partial charge in [-0.1, -0.05) is 12.1 Å². The number of halogens is 1. The summed E-state index contributed by atoms with van der Waals surface area (Å²) in [6.07, 6.45) is 5.59. The number of benzene rings is 1. The van der Waals surface area contributed by atoms with E-state index < -0.39 is 0 Å². The molecule has 1 aromatic carbocycles. The predicted octanol–water partition coefficient (Wildman–Crippen LogP) is 2.74. The molecule has 1 saturated carbocycles. The van der Waals surface area contributed by atoms with Crippen LogP contribution in [0.15, 0.2) is 30.6 Å². The number of fused-ring (bicyclic) bond motifs is 1. The summed E-state index contributed by atoms with van der Waals surface area (Å²) in [6, 6.07) is 7.06. The molecule has 3 aliphatic rings. The highest BCUT2D eigenvalue weighted by atomic mass is 19.1. The Morgan fingerprint density at radius 1 is 1.12 bits per heavy atom. The zero-order valence-corrected chi connectivity index (χ0v) is 14.4. The summed E-state index contributed by atoms with van der Waals surface area (Å²) in [5, 5.41) is 6.76. The molecule has 7 nitrogen and oxygen atoms in total. The maximum atomic E-state index is 13.0. The fourth-order valence-electron chi connectivity index (χ4n) is 3.28. The second kappa shape index (κ2) is 7.25. The number of anilines is 2. The Kier molecular flexibility index (Phi) is 4.66. The second-order valence-corrected chi connectivity index (χ2v) is 6.74. The van der Waals surface area contributed by atoms with E-state index in [0.717, 1.165) is 37.1 Å². The maximum Gasteiger partial charge on any atom is 0.204 e. The zero-order chi connectivity index (χ0) is 17.9. The number of hydrogen-bond acceptors (Lipinski definition) is 6. The zero-order valence-electron chi connectivity index (χ0n) is 14.4. The number of nitrogens with one attached hydrogen (secondary N) is 3. The van der Waals surface area contributed by atoms with E-state index >= 15 is 0 Å². The van der Waals surface area contributed by atoms with E-state index in [1.807, 2.05) is 0 Å². The fourth-order valence-corrected chi connectivity index (χ4v) is 3.28. The van der Waals surface area contributed by atoms with Crippen molar-refractivity contribution in [2.75, 3.05) is 10.6 Å². The van der Waals surface area contributed by atoms with Crippen LogP contribution in [0, 0.1) is 5.82 Å². The fraction of sp³-hybridized carbons (Fsp3) is 0.389. The summed E-state index contributed by atoms with van der Waals surface area (Å²) in [4.78, 5) is 16.3. The minimum atomic E-state index is -0.243. The first kappa shape index (κ1) is 16.7. The van der Waals surface area contributed by atoms with Crippen molar-refractivity contribution in [2.45, 2.75) is 44.3 Å². The van der Waals surface area contributed by atoms with Gasteiger partial charge >= 0.3 is 0 Å². The number of rotatable bonds is 5. The van der Waals surface area contributed by atoms with Crippen molar-refractivity contribution in [2.24, 2.45) is 5.73 Å². The van der Waals surface area contributed by atoms with Gasteiger partial charge in [-0.05, 0) is 43.4 Å². The third-order valence-electron chi connectivity index (χ3n) is 4.77. The third-order valence-corrected chi connectivity index (χ3v) is 4.77. The molecule has 0 atom stereocenters. The van der Waals surface area contributed by atoms with Crippen LogP contribution in [0.25, 0.3) is 11.5 Å². The van der Waals surface area contributed by atoms with E-state index in [1.54, 1.807) is 12.1 Å². The number of imidazole rings is 1. The summed E-state index contributed by atoms with van der Waals surface area (Å²) in [5.41, 5.74) is 7.63. The molecule has 4 rings (SSSR count). The number of H-pyrrole nitrogens is 1. The van der Waals surface area contributed by atoms with Crippen molar-refractivity contribution in [3.63, 3.8) is 0 Å². The standard InChI is InChI=1S/C18H22FN7/c19-12-3-1-11(2-4-12)9-21-16-15-17(23-10-22-15)26-18(25-16)24-14-7-5-13(20)6-8-14/h1-4,10,13-14H,5-9,20H2,(H3,21,22,23,24,25,26). The number of hydrogen-bond donors (Lipinski definition) is 4. The van der Waals surface area contributed by atoms with Crippen LogP contribution < -0.4 is 16.4 Å². The lowest BCUT2D eigenvalue weighted by molar-refractivity contribution is 0.410. The molecule has 26 heavy (non-hydrogen) atoms. The van der Waals surface area contributed by atoms with Crippen molar-refractivity contribution in [3.05, 3.63) is 42.0 Å². The highest BCUT2D eigenvalue weighted by Crippen LogP contribution is 2.27. The van der Waals surface area contributed by atoms with Crippen LogP contribution in [-0.4, -0.2) is 32.0 Å². The van der Waals surface area contributed by atoms with Crippen LogP contribution in [0.4, 0.5) is 16.2 Å². The van der Waals surface area contributed by atoms with Crippen LogP contribution in [-0.2, 0) is 6.54 Å². The van der Waals surface area contributed by atoms with Crippen molar-refractivity contribution in [1.29, 1.82) is 0 Å². The number of aromatic nitrogens is 4. The van der Waals surface area contributed by atoms with Crippen molar-refractivity contribution in [3.8, 4) is 11.5 Å². The molecule has 1 aliphatic carbocycles. The van der Waals surface area contributed by atoms with Gasteiger partial charge in [0, 0.05) is 18.6 Å². The molecule has 0 bridgehead atoms. The number of nitrogens with zero attached hydrogens (tertiary/aromatic N) is 3. The number of aromatic amines is 1. The van der Waals surface area contributed by atoms with E-state index in [0.29, 0.717) is 36.1 Å². The molecule has 0 unspecified atom stereocenters. The highest BCUT2D eigenvalue weighted by Gasteiger charge is 2.21. The van der Waals surface area contributed by atoms with Crippen molar-refractivity contribution in [1.82, 2.24) is 19.9 Å². The lowest BCUT2D eigenvalue weighted by Gasteiger charge is -2.27. The SMILES string of the molecule is NC1CCC(Nc2nc3ncnc-3c(NCc3ccc(F)cc3)[nH]2)CC1. The van der Waals surface area contributed by atoms with Crippen molar-refractivity contribution >= 4 is 11.8 Å². The van der Waals surface area contributed by atoms with Gasteiger partial charge in [0.2, 0.25) is 5.95 Å². The minimum absolute atomic E-state index is 0.243. The Hall–Kier alpha value is -2.74. The molecule has 0 saturated heterocycles. The lowest BCUT2D eigenvalue weighted by Crippen LogP contribution is -2.33. The molecule has 0 amide bonds. The van der Waals surface area contributed by atoms with Crippen LogP contribution in [0.2, 0.25) is 0 Å². The quantitative estimate of drug-likeness (QED) is 0.561. The molecular formula is C18H22FN7. The van der Waals surface area contributed by atoms with Gasteiger partial charge in [-0.25, -0.2) is 14.4 Å². The number of nitrogens with two attached hydrogens (primary N) is 1. The molecule has 0 aromatic heterocycles. The summed E-state index contributed by atoms with van der Waals surface area (Å²) >= 11 is 0. The largest absolute Gasteiger partial charge is 0.366 e. The average molecular weight is 355 g/mol. The first-order chi connectivity index (χ1) is 12.7. The summed E-state index contributed by atoms with van der Waals surface area (Å²) in [7, 11) is 0. The van der Waals surface area contributed by atoms with Crippen LogP contribution in [0.3, 0.4) is 0 Å². The summed E-state index contributed by atoms with van der Waals surface area (Å²) < 4.78 is 13.0. The molecule has 1 aromatic rings. The molecule has 136 valence electrons. The lowest BCUT2D eigenvalue weighted by atomic mass is 9.92. The second-order valence-electron chi connectivity index (χ2n) is 6.74. The third kappa shape index (κ3) is 3.75. The van der Waals surface area contributed by atoms with Gasteiger partial charge in [0.15, 0.2) is 5.82 Å². The van der Waals surface area contributed by atoms with Crippen LogP contribution >= 0.6 is 0 Å². The first-order valence-corrected chi connectivity index (χ1v) is 8.88. The van der Waals surface area contributed by atoms with E-state index in [4.69, 9.17) is 5.73 Å². The predicted molar refractivity (Wildman–Crippen MR) is 98.4 cm³/mol. The van der Waals surface area contributed by atoms with Gasteiger partial charge in [-0.3, -0.25) is 0 Å². The highest BCUT2D eigenvalue weighted by molar-refractivity contribution is 5.69. The molecule has 0 radical (unpaired) electrons. The Morgan fingerprint density at radius 3 is 2.65 bits per heavy atom. The van der Waals surface area contributed by atoms with Crippen molar-refractivity contribution < 1.29 is 4.39 Å². The molecule has 5 N–H and O–H groups in total. The molecule has 2 heterocycles. The smallest absolute Gasteiger partial charge is 0.204 e. The van der Waals surface area contributed by atoms with Gasteiger partial charge in [0.05, 0.1) is 0 Å². The molecule has 8 heteroatoms. The summed E-state index contributed by atoms with van der Waals surface area (Å²) in [6.45, 7) is 0.542. The Bertz CT molecular complexity index is 824. The Balaban J connectivity index is 1.50. The van der Waals surface area contributed by atoms with Crippen LogP contribution in [0.5, 0.6) is 0 Å². The van der Waals surface area contributed by atoms with Gasteiger partial charge in [-0.2, -0.15) is 4.98 Å².